The molecule has 0 radical (unpaired) electrons. The topological polar surface area (TPSA) is 69.6 Å². The zero-order chi connectivity index (χ0) is 10.6. The van der Waals surface area contributed by atoms with E-state index in [1.807, 2.05) is 6.26 Å². The van der Waals surface area contributed by atoms with Crippen LogP contribution in [-0.2, 0) is 4.79 Å². The second kappa shape index (κ2) is 5.21. The smallest absolute Gasteiger partial charge is 0.324 e. The van der Waals surface area contributed by atoms with Crippen LogP contribution in [0.5, 0.6) is 0 Å². The maximum atomic E-state index is 11.5. The summed E-state index contributed by atoms with van der Waals surface area (Å²) in [6, 6.07) is -0.795. The molecule has 1 aliphatic heterocycles. The van der Waals surface area contributed by atoms with Gasteiger partial charge in [-0.15, -0.1) is 0 Å². The highest BCUT2D eigenvalue weighted by atomic mass is 32.2. The number of thioether (sulfide) groups is 1. The van der Waals surface area contributed by atoms with Crippen molar-refractivity contribution in [1.82, 2.24) is 10.2 Å². The molecular weight excluding hydrogens is 204 g/mol. The summed E-state index contributed by atoms with van der Waals surface area (Å²) in [7, 11) is 0. The number of amides is 3. The molecule has 0 aromatic rings. The Hall–Kier alpha value is -0.750. The van der Waals surface area contributed by atoms with E-state index in [0.29, 0.717) is 6.42 Å². The van der Waals surface area contributed by atoms with Crippen LogP contribution in [0, 0.1) is 0 Å². The number of nitrogens with zero attached hydrogens (tertiary/aromatic N) is 1. The van der Waals surface area contributed by atoms with Gasteiger partial charge in [-0.1, -0.05) is 0 Å². The lowest BCUT2D eigenvalue weighted by Crippen LogP contribution is -2.34. The molecule has 1 saturated heterocycles. The average Bonchev–Trinajstić information content (AvgIpc) is 2.43. The molecule has 1 atom stereocenters. The molecule has 0 aromatic carbocycles. The van der Waals surface area contributed by atoms with Crippen LogP contribution in [-0.4, -0.2) is 53.1 Å². The molecule has 80 valence electrons. The zero-order valence-electron chi connectivity index (χ0n) is 8.02. The fraction of sp³-hybridized carbons (Fsp3) is 0.750. The van der Waals surface area contributed by atoms with Crippen molar-refractivity contribution in [1.29, 1.82) is 0 Å². The number of hydrogen-bond acceptors (Lipinski definition) is 4. The maximum Gasteiger partial charge on any atom is 0.324 e. The van der Waals surface area contributed by atoms with Gasteiger partial charge in [-0.05, 0) is 18.4 Å². The van der Waals surface area contributed by atoms with Crippen LogP contribution in [0.2, 0.25) is 0 Å². The Morgan fingerprint density at radius 1 is 1.57 bits per heavy atom. The molecule has 0 aliphatic carbocycles. The molecule has 6 heteroatoms. The van der Waals surface area contributed by atoms with Crippen LogP contribution in [0.15, 0.2) is 0 Å². The number of β-amino-alcohol motifs (C(OH)–C–C–N with tert-alkyl or cyclic N) is 1. The SMILES string of the molecule is CSCCC1NC(=O)N(CCO)C1=O. The number of aliphatic hydroxyl groups is 1. The standard InChI is InChI=1S/C8H14N2O3S/c1-14-5-2-6-7(12)10(3-4-11)8(13)9-6/h6,11H,2-5H2,1H3,(H,9,13). The Morgan fingerprint density at radius 2 is 2.29 bits per heavy atom. The van der Waals surface area contributed by atoms with Crippen LogP contribution in [0.4, 0.5) is 4.79 Å². The van der Waals surface area contributed by atoms with Crippen LogP contribution in [0.1, 0.15) is 6.42 Å². The van der Waals surface area contributed by atoms with Gasteiger partial charge >= 0.3 is 6.03 Å². The van der Waals surface area contributed by atoms with E-state index in [1.54, 1.807) is 11.8 Å². The van der Waals surface area contributed by atoms with E-state index in [9.17, 15) is 9.59 Å². The normalized spacial score (nSPS) is 21.6. The van der Waals surface area contributed by atoms with E-state index in [4.69, 9.17) is 5.11 Å². The summed E-state index contributed by atoms with van der Waals surface area (Å²) < 4.78 is 0. The Balaban J connectivity index is 2.51. The first-order valence-corrected chi connectivity index (χ1v) is 5.81. The molecule has 0 spiro atoms. The number of imide groups is 1. The summed E-state index contributed by atoms with van der Waals surface area (Å²) in [6.45, 7) is -0.102. The lowest BCUT2D eigenvalue weighted by atomic mass is 10.2. The van der Waals surface area contributed by atoms with Crippen molar-refractivity contribution in [3.8, 4) is 0 Å². The summed E-state index contributed by atoms with van der Waals surface area (Å²) in [5.74, 6) is 0.613. The number of carbonyl (C=O) groups is 2. The molecule has 5 nitrogen and oxygen atoms in total. The quantitative estimate of drug-likeness (QED) is 0.619. The molecule has 1 rings (SSSR count). The Bertz CT molecular complexity index is 235. The number of carbonyl (C=O) groups excluding carboxylic acids is 2. The number of nitrogens with one attached hydrogen (secondary N) is 1. The zero-order valence-corrected chi connectivity index (χ0v) is 8.84. The van der Waals surface area contributed by atoms with Crippen LogP contribution >= 0.6 is 11.8 Å². The molecule has 1 unspecified atom stereocenters. The molecular formula is C8H14N2O3S. The van der Waals surface area contributed by atoms with E-state index in [-0.39, 0.29) is 19.1 Å². The molecule has 1 heterocycles. The minimum absolute atomic E-state index is 0.0838. The van der Waals surface area contributed by atoms with Crippen LogP contribution in [0.25, 0.3) is 0 Å². The summed E-state index contributed by atoms with van der Waals surface area (Å²) >= 11 is 1.63. The van der Waals surface area contributed by atoms with E-state index >= 15 is 0 Å². The van der Waals surface area contributed by atoms with Gasteiger partial charge in [0.05, 0.1) is 13.2 Å². The third kappa shape index (κ3) is 2.39. The third-order valence-electron chi connectivity index (χ3n) is 2.04. The van der Waals surface area contributed by atoms with E-state index in [2.05, 4.69) is 5.32 Å². The lowest BCUT2D eigenvalue weighted by molar-refractivity contribution is -0.127. The van der Waals surface area contributed by atoms with Crippen molar-refractivity contribution in [3.05, 3.63) is 0 Å². The monoisotopic (exact) mass is 218 g/mol. The molecule has 2 N–H and O–H groups in total. The number of hydrogen-bond donors (Lipinski definition) is 2. The third-order valence-corrected chi connectivity index (χ3v) is 2.69. The lowest BCUT2D eigenvalue weighted by Gasteiger charge is -2.10. The van der Waals surface area contributed by atoms with E-state index < -0.39 is 12.1 Å². The Labute approximate surface area is 86.8 Å². The molecule has 1 aliphatic rings. The summed E-state index contributed by atoms with van der Waals surface area (Å²) in [5.41, 5.74) is 0. The van der Waals surface area contributed by atoms with Crippen molar-refractivity contribution in [2.45, 2.75) is 12.5 Å². The highest BCUT2D eigenvalue weighted by Gasteiger charge is 2.36. The molecule has 0 bridgehead atoms. The molecule has 0 saturated carbocycles. The van der Waals surface area contributed by atoms with Crippen molar-refractivity contribution in [2.24, 2.45) is 0 Å². The predicted octanol–water partition coefficient (Wildman–Crippen LogP) is -0.348. The first kappa shape index (κ1) is 11.3. The Morgan fingerprint density at radius 3 is 2.86 bits per heavy atom. The average molecular weight is 218 g/mol. The molecule has 0 aromatic heterocycles. The molecule has 14 heavy (non-hydrogen) atoms. The second-order valence-corrected chi connectivity index (χ2v) is 3.98. The van der Waals surface area contributed by atoms with Gasteiger partial charge in [-0.2, -0.15) is 11.8 Å². The fourth-order valence-electron chi connectivity index (χ4n) is 1.32. The first-order valence-electron chi connectivity index (χ1n) is 4.42. The van der Waals surface area contributed by atoms with Gasteiger partial charge < -0.3 is 10.4 Å². The Kier molecular flexibility index (Phi) is 4.21. The highest BCUT2D eigenvalue weighted by Crippen LogP contribution is 2.10. The van der Waals surface area contributed by atoms with Crippen LogP contribution < -0.4 is 5.32 Å². The number of aliphatic hydroxyl groups excluding tert-OH is 1. The van der Waals surface area contributed by atoms with Gasteiger partial charge in [0.15, 0.2) is 0 Å². The number of rotatable bonds is 5. The summed E-state index contributed by atoms with van der Waals surface area (Å²) in [6.07, 6.45) is 2.60. The van der Waals surface area contributed by atoms with Crippen molar-refractivity contribution in [2.75, 3.05) is 25.2 Å². The van der Waals surface area contributed by atoms with Crippen molar-refractivity contribution in [3.63, 3.8) is 0 Å². The van der Waals surface area contributed by atoms with Crippen LogP contribution in [0.3, 0.4) is 0 Å². The minimum Gasteiger partial charge on any atom is -0.395 e. The van der Waals surface area contributed by atoms with Gasteiger partial charge in [-0.3, -0.25) is 9.69 Å². The largest absolute Gasteiger partial charge is 0.395 e. The predicted molar refractivity (Wildman–Crippen MR) is 54.1 cm³/mol. The minimum atomic E-state index is -0.401. The van der Waals surface area contributed by atoms with Gasteiger partial charge in [0.25, 0.3) is 5.91 Å². The number of urea groups is 1. The summed E-state index contributed by atoms with van der Waals surface area (Å²) in [4.78, 5) is 23.8. The van der Waals surface area contributed by atoms with Gasteiger partial charge in [0, 0.05) is 0 Å². The fourth-order valence-corrected chi connectivity index (χ4v) is 1.79. The first-order chi connectivity index (χ1) is 6.70. The van der Waals surface area contributed by atoms with Crippen molar-refractivity contribution >= 4 is 23.7 Å². The maximum absolute atomic E-state index is 11.5. The molecule has 3 amide bonds. The van der Waals surface area contributed by atoms with Gasteiger partial charge in [0.1, 0.15) is 6.04 Å². The summed E-state index contributed by atoms with van der Waals surface area (Å²) in [5, 5.41) is 11.2. The van der Waals surface area contributed by atoms with E-state index in [1.165, 1.54) is 0 Å². The van der Waals surface area contributed by atoms with Gasteiger partial charge in [-0.25, -0.2) is 4.79 Å². The van der Waals surface area contributed by atoms with Crippen molar-refractivity contribution < 1.29 is 14.7 Å². The second-order valence-electron chi connectivity index (χ2n) is 3.00. The van der Waals surface area contributed by atoms with E-state index in [0.717, 1.165) is 10.7 Å². The van der Waals surface area contributed by atoms with Gasteiger partial charge in [0.2, 0.25) is 0 Å². The highest BCUT2D eigenvalue weighted by molar-refractivity contribution is 7.98. The molecule has 1 fully saturated rings.